The van der Waals surface area contributed by atoms with Crippen molar-refractivity contribution in [1.29, 1.82) is 0 Å². The van der Waals surface area contributed by atoms with E-state index in [0.29, 0.717) is 0 Å². The van der Waals surface area contributed by atoms with Crippen molar-refractivity contribution in [1.82, 2.24) is 10.3 Å². The molecule has 0 aliphatic heterocycles. The highest BCUT2D eigenvalue weighted by Crippen LogP contribution is 2.26. The quantitative estimate of drug-likeness (QED) is 0.886. The van der Waals surface area contributed by atoms with Gasteiger partial charge in [0.25, 0.3) is 0 Å². The zero-order valence-corrected chi connectivity index (χ0v) is 10.1. The lowest BCUT2D eigenvalue weighted by molar-refractivity contribution is 0.627. The van der Waals surface area contributed by atoms with Gasteiger partial charge in [0.2, 0.25) is 0 Å². The molecule has 1 aromatic heterocycles. The van der Waals surface area contributed by atoms with Crippen LogP contribution in [0.2, 0.25) is 0 Å². The fourth-order valence-corrected chi connectivity index (χ4v) is 2.47. The summed E-state index contributed by atoms with van der Waals surface area (Å²) in [5.74, 6) is -0.208. The number of nitrogens with zero attached hydrogens (tertiary/aromatic N) is 1. The van der Waals surface area contributed by atoms with Gasteiger partial charge in [-0.05, 0) is 37.7 Å². The second-order valence-electron chi connectivity index (χ2n) is 3.68. The summed E-state index contributed by atoms with van der Waals surface area (Å²) in [5.41, 5.74) is 1.77. The van der Waals surface area contributed by atoms with Crippen molar-refractivity contribution in [3.05, 3.63) is 40.7 Å². The smallest absolute Gasteiger partial charge is 0.124 e. The molecular weight excluding hydrogens is 223 g/mol. The van der Waals surface area contributed by atoms with Crippen LogP contribution in [0, 0.1) is 12.7 Å². The monoisotopic (exact) mass is 236 g/mol. The van der Waals surface area contributed by atoms with Crippen LogP contribution in [0.4, 0.5) is 4.39 Å². The summed E-state index contributed by atoms with van der Waals surface area (Å²) in [4.78, 5) is 5.45. The molecule has 2 rings (SSSR count). The predicted molar refractivity (Wildman–Crippen MR) is 65.0 cm³/mol. The average molecular weight is 236 g/mol. The normalized spacial score (nSPS) is 10.7. The second-order valence-corrected chi connectivity index (χ2v) is 4.79. The van der Waals surface area contributed by atoms with E-state index >= 15 is 0 Å². The lowest BCUT2D eigenvalue weighted by atomic mass is 10.1. The Kier molecular flexibility index (Phi) is 3.31. The first-order valence-corrected chi connectivity index (χ1v) is 5.87. The first-order chi connectivity index (χ1) is 7.69. The van der Waals surface area contributed by atoms with E-state index in [1.54, 1.807) is 11.3 Å². The highest BCUT2D eigenvalue weighted by atomic mass is 32.1. The summed E-state index contributed by atoms with van der Waals surface area (Å²) in [7, 11) is 1.89. The lowest BCUT2D eigenvalue weighted by Crippen LogP contribution is -2.02. The molecule has 0 radical (unpaired) electrons. The van der Waals surface area contributed by atoms with E-state index in [4.69, 9.17) is 0 Å². The van der Waals surface area contributed by atoms with Crippen LogP contribution in [0.3, 0.4) is 0 Å². The molecule has 0 atom stereocenters. The maximum atomic E-state index is 13.2. The van der Waals surface area contributed by atoms with Crippen molar-refractivity contribution in [2.75, 3.05) is 7.05 Å². The number of nitrogens with one attached hydrogen (secondary N) is 1. The van der Waals surface area contributed by atoms with E-state index < -0.39 is 0 Å². The zero-order valence-electron chi connectivity index (χ0n) is 9.25. The number of benzene rings is 1. The molecule has 0 aliphatic rings. The molecular formula is C12H13FN2S. The standard InChI is InChI=1S/C12H13FN2S/c1-8-3-9(5-10(13)4-8)12-15-7-11(16-12)6-14-2/h3-5,7,14H,6H2,1-2H3. The number of hydrogen-bond donors (Lipinski definition) is 1. The molecule has 1 heterocycles. The Morgan fingerprint density at radius 3 is 2.88 bits per heavy atom. The van der Waals surface area contributed by atoms with Crippen molar-refractivity contribution in [2.45, 2.75) is 13.5 Å². The Hall–Kier alpha value is -1.26. The maximum absolute atomic E-state index is 13.2. The summed E-state index contributed by atoms with van der Waals surface area (Å²) in [6, 6.07) is 4.99. The van der Waals surface area contributed by atoms with Crippen molar-refractivity contribution >= 4 is 11.3 Å². The molecule has 84 valence electrons. The number of rotatable bonds is 3. The number of hydrogen-bond acceptors (Lipinski definition) is 3. The third-order valence-corrected chi connectivity index (χ3v) is 3.24. The van der Waals surface area contributed by atoms with Crippen LogP contribution in [0.25, 0.3) is 10.6 Å². The van der Waals surface area contributed by atoms with Gasteiger partial charge in [0.05, 0.1) is 0 Å². The number of thiazole rings is 1. The van der Waals surface area contributed by atoms with Crippen molar-refractivity contribution in [3.63, 3.8) is 0 Å². The fraction of sp³-hybridized carbons (Fsp3) is 0.250. The SMILES string of the molecule is CNCc1cnc(-c2cc(C)cc(F)c2)s1. The number of halogens is 1. The molecule has 4 heteroatoms. The molecule has 2 aromatic rings. The topological polar surface area (TPSA) is 24.9 Å². The van der Waals surface area contributed by atoms with Crippen molar-refractivity contribution in [3.8, 4) is 10.6 Å². The Labute approximate surface area is 98.2 Å². The Balaban J connectivity index is 2.34. The van der Waals surface area contributed by atoms with Crippen LogP contribution in [0.5, 0.6) is 0 Å². The Bertz CT molecular complexity index is 473. The number of aryl methyl sites for hydroxylation is 1. The highest BCUT2D eigenvalue weighted by Gasteiger charge is 2.06. The van der Waals surface area contributed by atoms with Crippen LogP contribution >= 0.6 is 11.3 Å². The van der Waals surface area contributed by atoms with E-state index in [2.05, 4.69) is 10.3 Å². The van der Waals surface area contributed by atoms with E-state index in [9.17, 15) is 4.39 Å². The second kappa shape index (κ2) is 4.72. The minimum atomic E-state index is -0.208. The fourth-order valence-electron chi connectivity index (χ4n) is 1.56. The predicted octanol–water partition coefficient (Wildman–Crippen LogP) is 2.98. The first kappa shape index (κ1) is 11.2. The molecule has 0 bridgehead atoms. The summed E-state index contributed by atoms with van der Waals surface area (Å²) < 4.78 is 13.2. The Morgan fingerprint density at radius 1 is 1.38 bits per heavy atom. The van der Waals surface area contributed by atoms with E-state index in [-0.39, 0.29) is 5.82 Å². The van der Waals surface area contributed by atoms with Gasteiger partial charge >= 0.3 is 0 Å². The summed E-state index contributed by atoms with van der Waals surface area (Å²) in [6.45, 7) is 2.68. The van der Waals surface area contributed by atoms with Gasteiger partial charge in [0.1, 0.15) is 10.8 Å². The van der Waals surface area contributed by atoms with Gasteiger partial charge in [-0.2, -0.15) is 0 Å². The molecule has 0 unspecified atom stereocenters. The molecule has 1 aromatic carbocycles. The van der Waals surface area contributed by atoms with Crippen LogP contribution in [0.1, 0.15) is 10.4 Å². The molecule has 1 N–H and O–H groups in total. The van der Waals surface area contributed by atoms with Gasteiger partial charge in [0, 0.05) is 23.2 Å². The zero-order chi connectivity index (χ0) is 11.5. The van der Waals surface area contributed by atoms with Crippen LogP contribution in [0.15, 0.2) is 24.4 Å². The van der Waals surface area contributed by atoms with Gasteiger partial charge < -0.3 is 5.32 Å². The van der Waals surface area contributed by atoms with E-state index in [0.717, 1.165) is 27.6 Å². The third-order valence-electron chi connectivity index (χ3n) is 2.19. The highest BCUT2D eigenvalue weighted by molar-refractivity contribution is 7.15. The maximum Gasteiger partial charge on any atom is 0.124 e. The first-order valence-electron chi connectivity index (χ1n) is 5.06. The van der Waals surface area contributed by atoms with Gasteiger partial charge in [-0.3, -0.25) is 0 Å². The molecule has 0 fully saturated rings. The number of aromatic nitrogens is 1. The van der Waals surface area contributed by atoms with Crippen LogP contribution < -0.4 is 5.32 Å². The minimum absolute atomic E-state index is 0.208. The third kappa shape index (κ3) is 2.46. The average Bonchev–Trinajstić information content (AvgIpc) is 2.65. The summed E-state index contributed by atoms with van der Waals surface area (Å²) in [6.07, 6.45) is 1.83. The van der Waals surface area contributed by atoms with E-state index in [1.807, 2.05) is 26.2 Å². The van der Waals surface area contributed by atoms with Crippen molar-refractivity contribution < 1.29 is 4.39 Å². The van der Waals surface area contributed by atoms with Gasteiger partial charge in [0.15, 0.2) is 0 Å². The molecule has 0 saturated carbocycles. The molecule has 0 saturated heterocycles. The van der Waals surface area contributed by atoms with Gasteiger partial charge in [-0.15, -0.1) is 11.3 Å². The molecule has 0 aliphatic carbocycles. The Morgan fingerprint density at radius 2 is 2.19 bits per heavy atom. The van der Waals surface area contributed by atoms with Crippen LogP contribution in [-0.4, -0.2) is 12.0 Å². The lowest BCUT2D eigenvalue weighted by Gasteiger charge is -1.99. The van der Waals surface area contributed by atoms with E-state index in [1.165, 1.54) is 12.1 Å². The van der Waals surface area contributed by atoms with Gasteiger partial charge in [-0.1, -0.05) is 0 Å². The van der Waals surface area contributed by atoms with Crippen LogP contribution in [-0.2, 0) is 6.54 Å². The molecule has 0 amide bonds. The molecule has 16 heavy (non-hydrogen) atoms. The molecule has 2 nitrogen and oxygen atoms in total. The van der Waals surface area contributed by atoms with Gasteiger partial charge in [-0.25, -0.2) is 9.37 Å². The minimum Gasteiger partial charge on any atom is -0.315 e. The van der Waals surface area contributed by atoms with Crippen molar-refractivity contribution in [2.24, 2.45) is 0 Å². The largest absolute Gasteiger partial charge is 0.315 e. The summed E-state index contributed by atoms with van der Waals surface area (Å²) in [5, 5.41) is 3.94. The molecule has 0 spiro atoms. The summed E-state index contributed by atoms with van der Waals surface area (Å²) >= 11 is 1.59.